The molecule has 3 rings (SSSR count). The van der Waals surface area contributed by atoms with Crippen LogP contribution in [0.5, 0.6) is 0 Å². The Hall–Kier alpha value is -3.36. The van der Waals surface area contributed by atoms with Gasteiger partial charge in [0.05, 0.1) is 11.6 Å². The Labute approximate surface area is 171 Å². The van der Waals surface area contributed by atoms with Crippen LogP contribution >= 0.6 is 0 Å². The zero-order chi connectivity index (χ0) is 21.9. The van der Waals surface area contributed by atoms with Gasteiger partial charge in [0.1, 0.15) is 6.04 Å². The molecule has 1 aliphatic rings. The topological polar surface area (TPSA) is 78.5 Å². The number of urea groups is 1. The number of alkyl halides is 3. The number of carbonyl (C=O) groups is 3. The molecular formula is C21H20F3N3O3. The number of benzene rings is 2. The van der Waals surface area contributed by atoms with E-state index < -0.39 is 41.7 Å². The zero-order valence-corrected chi connectivity index (χ0v) is 16.1. The quantitative estimate of drug-likeness (QED) is 0.692. The molecule has 2 aromatic rings. The smallest absolute Gasteiger partial charge is 0.326 e. The number of halogens is 3. The highest BCUT2D eigenvalue weighted by atomic mass is 19.4. The van der Waals surface area contributed by atoms with Crippen LogP contribution in [0.1, 0.15) is 36.9 Å². The SMILES string of the molecule is C[C@@H](c1ccccc1)N1C(=O)N[C@H](CCC(=O)Nc2cccc(C(F)(F)F)c2)C1=O. The summed E-state index contributed by atoms with van der Waals surface area (Å²) in [7, 11) is 0. The van der Waals surface area contributed by atoms with Gasteiger partial charge < -0.3 is 10.6 Å². The highest BCUT2D eigenvalue weighted by molar-refractivity contribution is 6.05. The Morgan fingerprint density at radius 2 is 1.83 bits per heavy atom. The Morgan fingerprint density at radius 3 is 2.50 bits per heavy atom. The van der Waals surface area contributed by atoms with Crippen LogP contribution in [-0.4, -0.2) is 28.8 Å². The van der Waals surface area contributed by atoms with Crippen molar-refractivity contribution in [2.75, 3.05) is 5.32 Å². The molecular weight excluding hydrogens is 399 g/mol. The standard InChI is InChI=1S/C21H20F3N3O3/c1-13(14-6-3-2-4-7-14)27-19(29)17(26-20(27)30)10-11-18(28)25-16-9-5-8-15(12-16)21(22,23)24/h2-9,12-13,17H,10-11H2,1H3,(H,25,28)(H,26,30)/t13-,17+/m0/s1. The van der Waals surface area contributed by atoms with E-state index in [1.54, 1.807) is 31.2 Å². The van der Waals surface area contributed by atoms with E-state index in [4.69, 9.17) is 0 Å². The first-order valence-electron chi connectivity index (χ1n) is 9.32. The van der Waals surface area contributed by atoms with Gasteiger partial charge in [0, 0.05) is 12.1 Å². The second-order valence-corrected chi connectivity index (χ2v) is 6.96. The number of nitrogens with zero attached hydrogens (tertiary/aromatic N) is 1. The Morgan fingerprint density at radius 1 is 1.13 bits per heavy atom. The normalized spacial score (nSPS) is 17.6. The van der Waals surface area contributed by atoms with E-state index >= 15 is 0 Å². The number of amides is 4. The van der Waals surface area contributed by atoms with Gasteiger partial charge in [-0.2, -0.15) is 13.2 Å². The fourth-order valence-corrected chi connectivity index (χ4v) is 3.26. The maximum Gasteiger partial charge on any atom is 0.416 e. The molecule has 1 aliphatic heterocycles. The Bertz CT molecular complexity index is 947. The lowest BCUT2D eigenvalue weighted by Gasteiger charge is -2.21. The highest BCUT2D eigenvalue weighted by Gasteiger charge is 2.41. The van der Waals surface area contributed by atoms with E-state index in [2.05, 4.69) is 10.6 Å². The monoisotopic (exact) mass is 419 g/mol. The van der Waals surface area contributed by atoms with Crippen molar-refractivity contribution in [1.29, 1.82) is 0 Å². The van der Waals surface area contributed by atoms with E-state index in [0.717, 1.165) is 22.6 Å². The molecule has 0 spiro atoms. The van der Waals surface area contributed by atoms with Gasteiger partial charge in [-0.1, -0.05) is 36.4 Å². The molecule has 158 valence electrons. The largest absolute Gasteiger partial charge is 0.416 e. The molecule has 6 nitrogen and oxygen atoms in total. The van der Waals surface area contributed by atoms with Crippen molar-refractivity contribution < 1.29 is 27.6 Å². The molecule has 0 unspecified atom stereocenters. The third kappa shape index (κ3) is 4.79. The first kappa shape index (κ1) is 21.4. The number of anilines is 1. The average Bonchev–Trinajstić information content (AvgIpc) is 2.99. The third-order valence-corrected chi connectivity index (χ3v) is 4.86. The zero-order valence-electron chi connectivity index (χ0n) is 16.1. The van der Waals surface area contributed by atoms with E-state index in [1.165, 1.54) is 12.1 Å². The molecule has 2 aromatic carbocycles. The van der Waals surface area contributed by atoms with Crippen molar-refractivity contribution >= 4 is 23.5 Å². The van der Waals surface area contributed by atoms with Crippen molar-refractivity contribution in [3.05, 3.63) is 65.7 Å². The fourth-order valence-electron chi connectivity index (χ4n) is 3.26. The summed E-state index contributed by atoms with van der Waals surface area (Å²) in [6, 6.07) is 11.5. The number of carbonyl (C=O) groups excluding carboxylic acids is 3. The third-order valence-electron chi connectivity index (χ3n) is 4.86. The molecule has 0 aliphatic carbocycles. The van der Waals surface area contributed by atoms with E-state index in [1.807, 2.05) is 6.07 Å². The van der Waals surface area contributed by atoms with Crippen LogP contribution in [0, 0.1) is 0 Å². The van der Waals surface area contributed by atoms with Crippen molar-refractivity contribution in [3.8, 4) is 0 Å². The van der Waals surface area contributed by atoms with Crippen LogP contribution in [0.15, 0.2) is 54.6 Å². The van der Waals surface area contributed by atoms with Crippen LogP contribution in [-0.2, 0) is 15.8 Å². The first-order valence-corrected chi connectivity index (χ1v) is 9.32. The maximum absolute atomic E-state index is 12.8. The Balaban J connectivity index is 1.58. The van der Waals surface area contributed by atoms with Gasteiger partial charge in [-0.3, -0.25) is 14.5 Å². The van der Waals surface area contributed by atoms with E-state index in [0.29, 0.717) is 0 Å². The number of rotatable bonds is 6. The van der Waals surface area contributed by atoms with Gasteiger partial charge in [0.25, 0.3) is 5.91 Å². The second kappa shape index (κ2) is 8.56. The summed E-state index contributed by atoms with van der Waals surface area (Å²) in [5, 5.41) is 4.95. The molecule has 9 heteroatoms. The predicted molar refractivity (Wildman–Crippen MR) is 103 cm³/mol. The van der Waals surface area contributed by atoms with Crippen LogP contribution in [0.3, 0.4) is 0 Å². The molecule has 0 aromatic heterocycles. The number of imide groups is 1. The summed E-state index contributed by atoms with van der Waals surface area (Å²) in [5.41, 5.74) is -0.0658. The Kier molecular flexibility index (Phi) is 6.09. The molecule has 1 fully saturated rings. The molecule has 0 saturated carbocycles. The van der Waals surface area contributed by atoms with Crippen LogP contribution in [0.2, 0.25) is 0 Å². The van der Waals surface area contributed by atoms with Crippen LogP contribution in [0.4, 0.5) is 23.7 Å². The minimum Gasteiger partial charge on any atom is -0.326 e. The van der Waals surface area contributed by atoms with Crippen LogP contribution < -0.4 is 10.6 Å². The second-order valence-electron chi connectivity index (χ2n) is 6.96. The highest BCUT2D eigenvalue weighted by Crippen LogP contribution is 2.31. The lowest BCUT2D eigenvalue weighted by Crippen LogP contribution is -2.34. The van der Waals surface area contributed by atoms with E-state index in [9.17, 15) is 27.6 Å². The minimum absolute atomic E-state index is 0.0101. The van der Waals surface area contributed by atoms with Gasteiger partial charge in [0.15, 0.2) is 0 Å². The van der Waals surface area contributed by atoms with Gasteiger partial charge in [0.2, 0.25) is 5.91 Å². The van der Waals surface area contributed by atoms with Crippen molar-refractivity contribution in [2.45, 2.75) is 38.0 Å². The molecule has 2 atom stereocenters. The molecule has 30 heavy (non-hydrogen) atoms. The van der Waals surface area contributed by atoms with Crippen molar-refractivity contribution in [3.63, 3.8) is 0 Å². The van der Waals surface area contributed by atoms with Crippen molar-refractivity contribution in [2.24, 2.45) is 0 Å². The summed E-state index contributed by atoms with van der Waals surface area (Å²) >= 11 is 0. The summed E-state index contributed by atoms with van der Waals surface area (Å²) < 4.78 is 38.3. The average molecular weight is 419 g/mol. The summed E-state index contributed by atoms with van der Waals surface area (Å²) in [6.07, 6.45) is -4.62. The van der Waals surface area contributed by atoms with Gasteiger partial charge in [-0.05, 0) is 37.1 Å². The molecule has 2 N–H and O–H groups in total. The van der Waals surface area contributed by atoms with Crippen molar-refractivity contribution in [1.82, 2.24) is 10.2 Å². The minimum atomic E-state index is -4.51. The number of nitrogens with one attached hydrogen (secondary N) is 2. The number of hydrogen-bond donors (Lipinski definition) is 2. The van der Waals surface area contributed by atoms with Crippen LogP contribution in [0.25, 0.3) is 0 Å². The van der Waals surface area contributed by atoms with Gasteiger partial charge in [-0.25, -0.2) is 4.79 Å². The first-order chi connectivity index (χ1) is 14.2. The summed E-state index contributed by atoms with van der Waals surface area (Å²) in [5.74, 6) is -0.992. The molecule has 0 bridgehead atoms. The lowest BCUT2D eigenvalue weighted by atomic mass is 10.1. The molecule has 1 saturated heterocycles. The number of hydrogen-bond acceptors (Lipinski definition) is 3. The molecule has 1 heterocycles. The predicted octanol–water partition coefficient (Wildman–Crippen LogP) is 4.11. The molecule has 0 radical (unpaired) electrons. The van der Waals surface area contributed by atoms with Gasteiger partial charge in [-0.15, -0.1) is 0 Å². The van der Waals surface area contributed by atoms with E-state index in [-0.39, 0.29) is 18.5 Å². The fraction of sp³-hybridized carbons (Fsp3) is 0.286. The lowest BCUT2D eigenvalue weighted by molar-refractivity contribution is -0.137. The maximum atomic E-state index is 12.8. The summed E-state index contributed by atoms with van der Waals surface area (Å²) in [4.78, 5) is 38.1. The molecule has 4 amide bonds. The summed E-state index contributed by atoms with van der Waals surface area (Å²) in [6.45, 7) is 1.73. The van der Waals surface area contributed by atoms with Gasteiger partial charge >= 0.3 is 12.2 Å².